The van der Waals surface area contributed by atoms with E-state index in [0.29, 0.717) is 12.8 Å². The summed E-state index contributed by atoms with van der Waals surface area (Å²) in [5.41, 5.74) is 6.26. The first-order valence-corrected chi connectivity index (χ1v) is 9.31. The maximum Gasteiger partial charge on any atom is 0.408 e. The summed E-state index contributed by atoms with van der Waals surface area (Å²) in [5, 5.41) is 5.26. The number of nitrogens with two attached hydrogens (primary N) is 1. The highest BCUT2D eigenvalue weighted by Gasteiger charge is 2.29. The van der Waals surface area contributed by atoms with Gasteiger partial charge in [-0.1, -0.05) is 64.4 Å². The summed E-state index contributed by atoms with van der Waals surface area (Å²) in [4.78, 5) is 36.4. The highest BCUT2D eigenvalue weighted by Crippen LogP contribution is 2.10. The molecule has 0 saturated carbocycles. The number of benzene rings is 1. The summed E-state index contributed by atoms with van der Waals surface area (Å²) in [6.45, 7) is 7.75. The number of carbonyl (C=O) groups excluding carboxylic acids is 3. The largest absolute Gasteiger partial charge is 0.445 e. The quantitative estimate of drug-likeness (QED) is 0.581. The van der Waals surface area contributed by atoms with Crippen LogP contribution in [0.4, 0.5) is 4.79 Å². The van der Waals surface area contributed by atoms with Crippen molar-refractivity contribution in [2.45, 2.75) is 59.2 Å². The molecule has 0 unspecified atom stereocenters. The molecular formula is C20H31N3O4. The fraction of sp³-hybridized carbons (Fsp3) is 0.550. The Hall–Kier alpha value is -2.57. The fourth-order valence-corrected chi connectivity index (χ4v) is 2.59. The van der Waals surface area contributed by atoms with Crippen molar-refractivity contribution in [3.05, 3.63) is 35.9 Å². The zero-order valence-electron chi connectivity index (χ0n) is 16.5. The van der Waals surface area contributed by atoms with Crippen LogP contribution in [-0.4, -0.2) is 30.0 Å². The van der Waals surface area contributed by atoms with Crippen molar-refractivity contribution < 1.29 is 19.1 Å². The van der Waals surface area contributed by atoms with Crippen LogP contribution in [0.3, 0.4) is 0 Å². The van der Waals surface area contributed by atoms with Gasteiger partial charge < -0.3 is 21.1 Å². The van der Waals surface area contributed by atoms with Gasteiger partial charge in [-0.2, -0.15) is 0 Å². The molecule has 0 fully saturated rings. The number of primary amides is 1. The van der Waals surface area contributed by atoms with Crippen molar-refractivity contribution in [2.75, 3.05) is 0 Å². The molecule has 4 N–H and O–H groups in total. The van der Waals surface area contributed by atoms with E-state index < -0.39 is 30.0 Å². The third kappa shape index (κ3) is 8.11. The fourth-order valence-electron chi connectivity index (χ4n) is 2.59. The minimum absolute atomic E-state index is 0.101. The van der Waals surface area contributed by atoms with Crippen LogP contribution in [0.15, 0.2) is 30.3 Å². The van der Waals surface area contributed by atoms with Crippen molar-refractivity contribution in [3.8, 4) is 0 Å². The lowest BCUT2D eigenvalue weighted by molar-refractivity contribution is -0.129. The Labute approximate surface area is 161 Å². The lowest BCUT2D eigenvalue weighted by Crippen LogP contribution is -2.55. The highest BCUT2D eigenvalue weighted by atomic mass is 16.5. The second-order valence-corrected chi connectivity index (χ2v) is 7.16. The number of hydrogen-bond acceptors (Lipinski definition) is 4. The van der Waals surface area contributed by atoms with E-state index in [2.05, 4.69) is 10.6 Å². The molecule has 27 heavy (non-hydrogen) atoms. The van der Waals surface area contributed by atoms with Crippen LogP contribution in [0.25, 0.3) is 0 Å². The van der Waals surface area contributed by atoms with Crippen LogP contribution in [0, 0.1) is 11.8 Å². The molecule has 1 aromatic carbocycles. The molecule has 0 saturated heterocycles. The van der Waals surface area contributed by atoms with Gasteiger partial charge in [0, 0.05) is 0 Å². The summed E-state index contributed by atoms with van der Waals surface area (Å²) < 4.78 is 5.19. The van der Waals surface area contributed by atoms with E-state index in [9.17, 15) is 14.4 Å². The Morgan fingerprint density at radius 3 is 2.22 bits per heavy atom. The molecule has 1 aromatic rings. The van der Waals surface area contributed by atoms with Crippen LogP contribution in [0.1, 0.15) is 46.1 Å². The summed E-state index contributed by atoms with van der Waals surface area (Å²) in [6, 6.07) is 7.68. The molecule has 1 rings (SSSR count). The highest BCUT2D eigenvalue weighted by molar-refractivity contribution is 5.90. The average molecular weight is 377 g/mol. The second kappa shape index (κ2) is 11.2. The van der Waals surface area contributed by atoms with E-state index >= 15 is 0 Å². The van der Waals surface area contributed by atoms with Crippen LogP contribution in [0.5, 0.6) is 0 Å². The smallest absolute Gasteiger partial charge is 0.408 e. The number of ether oxygens (including phenoxy) is 1. The Balaban J connectivity index is 2.71. The van der Waals surface area contributed by atoms with E-state index in [1.165, 1.54) is 0 Å². The van der Waals surface area contributed by atoms with Crippen molar-refractivity contribution in [3.63, 3.8) is 0 Å². The van der Waals surface area contributed by atoms with E-state index in [1.54, 1.807) is 0 Å². The van der Waals surface area contributed by atoms with Crippen molar-refractivity contribution in [1.82, 2.24) is 10.6 Å². The summed E-state index contributed by atoms with van der Waals surface area (Å²) in [7, 11) is 0. The van der Waals surface area contributed by atoms with Gasteiger partial charge in [0.2, 0.25) is 11.8 Å². The number of rotatable bonds is 10. The molecule has 0 radical (unpaired) electrons. The normalized spacial score (nSPS) is 14.1. The lowest BCUT2D eigenvalue weighted by atomic mass is 9.97. The predicted octanol–water partition coefficient (Wildman–Crippen LogP) is 2.34. The SMILES string of the molecule is CC[C@@H](C)[C@H](NC(=O)[C@H](CC(C)C)NC(=O)OCc1ccccc1)C(N)=O. The second-order valence-electron chi connectivity index (χ2n) is 7.16. The first-order valence-electron chi connectivity index (χ1n) is 9.31. The van der Waals surface area contributed by atoms with E-state index in [0.717, 1.165) is 5.56 Å². The molecule has 0 heterocycles. The molecule has 0 bridgehead atoms. The van der Waals surface area contributed by atoms with Gasteiger partial charge in [-0.05, 0) is 23.8 Å². The maximum absolute atomic E-state index is 12.6. The average Bonchev–Trinajstić information content (AvgIpc) is 2.63. The van der Waals surface area contributed by atoms with Crippen LogP contribution >= 0.6 is 0 Å². The zero-order valence-corrected chi connectivity index (χ0v) is 16.5. The summed E-state index contributed by atoms with van der Waals surface area (Å²) in [5.74, 6) is -0.973. The van der Waals surface area contributed by atoms with Crippen molar-refractivity contribution >= 4 is 17.9 Å². The van der Waals surface area contributed by atoms with Crippen LogP contribution in [-0.2, 0) is 20.9 Å². The summed E-state index contributed by atoms with van der Waals surface area (Å²) >= 11 is 0. The number of alkyl carbamates (subject to hydrolysis) is 1. The monoisotopic (exact) mass is 377 g/mol. The van der Waals surface area contributed by atoms with E-state index in [4.69, 9.17) is 10.5 Å². The molecule has 7 nitrogen and oxygen atoms in total. The number of nitrogens with one attached hydrogen (secondary N) is 2. The third-order valence-corrected chi connectivity index (χ3v) is 4.35. The van der Waals surface area contributed by atoms with E-state index in [-0.39, 0.29) is 18.4 Å². The number of hydrogen-bond donors (Lipinski definition) is 3. The molecule has 0 spiro atoms. The van der Waals surface area contributed by atoms with Crippen molar-refractivity contribution in [1.29, 1.82) is 0 Å². The lowest BCUT2D eigenvalue weighted by Gasteiger charge is -2.25. The molecular weight excluding hydrogens is 346 g/mol. The first-order chi connectivity index (χ1) is 12.7. The Kier molecular flexibility index (Phi) is 9.33. The van der Waals surface area contributed by atoms with E-state index in [1.807, 2.05) is 58.0 Å². The van der Waals surface area contributed by atoms with Gasteiger partial charge in [0.05, 0.1) is 0 Å². The van der Waals surface area contributed by atoms with Gasteiger partial charge in [-0.15, -0.1) is 0 Å². The molecule has 3 amide bonds. The molecule has 0 aromatic heterocycles. The van der Waals surface area contributed by atoms with Gasteiger partial charge in [-0.3, -0.25) is 9.59 Å². The predicted molar refractivity (Wildman–Crippen MR) is 104 cm³/mol. The van der Waals surface area contributed by atoms with Gasteiger partial charge in [0.15, 0.2) is 0 Å². The van der Waals surface area contributed by atoms with Crippen LogP contribution in [0.2, 0.25) is 0 Å². The first kappa shape index (κ1) is 22.5. The Morgan fingerprint density at radius 1 is 1.07 bits per heavy atom. The molecule has 7 heteroatoms. The van der Waals surface area contributed by atoms with Gasteiger partial charge in [-0.25, -0.2) is 4.79 Å². The molecule has 150 valence electrons. The Bertz CT molecular complexity index is 619. The zero-order chi connectivity index (χ0) is 20.4. The summed E-state index contributed by atoms with van der Waals surface area (Å²) in [6.07, 6.45) is 0.423. The maximum atomic E-state index is 12.6. The standard InChI is InChI=1S/C20H31N3O4/c1-5-14(4)17(18(21)24)23-19(25)16(11-13(2)3)22-20(26)27-12-15-9-7-6-8-10-15/h6-10,13-14,16-17H,5,11-12H2,1-4H3,(H2,21,24)(H,22,26)(H,23,25)/t14-,16+,17+/m1/s1. The topological polar surface area (TPSA) is 111 Å². The van der Waals surface area contributed by atoms with Crippen molar-refractivity contribution in [2.24, 2.45) is 17.6 Å². The molecule has 0 aliphatic rings. The van der Waals surface area contributed by atoms with Crippen LogP contribution < -0.4 is 16.4 Å². The minimum Gasteiger partial charge on any atom is -0.445 e. The minimum atomic E-state index is -0.806. The number of amides is 3. The molecule has 0 aliphatic heterocycles. The molecule has 3 atom stereocenters. The van der Waals surface area contributed by atoms with Gasteiger partial charge in [0.1, 0.15) is 18.7 Å². The third-order valence-electron chi connectivity index (χ3n) is 4.35. The Morgan fingerprint density at radius 2 is 1.70 bits per heavy atom. The number of carbonyl (C=O) groups is 3. The molecule has 0 aliphatic carbocycles. The van der Waals surface area contributed by atoms with Gasteiger partial charge >= 0.3 is 6.09 Å². The van der Waals surface area contributed by atoms with Gasteiger partial charge in [0.25, 0.3) is 0 Å².